The Hall–Kier alpha value is -1.30. The third-order valence-electron chi connectivity index (χ3n) is 3.87. The van der Waals surface area contributed by atoms with Gasteiger partial charge in [0, 0.05) is 32.7 Å². The first-order valence-electron chi connectivity index (χ1n) is 7.41. The second-order valence-corrected chi connectivity index (χ2v) is 5.49. The van der Waals surface area contributed by atoms with Crippen molar-refractivity contribution in [3.8, 4) is 0 Å². The first kappa shape index (κ1) is 16.8. The number of likely N-dealkylation sites (N-methyl/N-ethyl adjacent to an activating group) is 1. The standard InChI is InChI=1S/C14H27N3O3/c1-4-17(12(2)11-13(18)19)14(20)15(3)9-10-16-7-5-6-8-16/h12H,4-11H2,1-3H3,(H,18,19). The summed E-state index contributed by atoms with van der Waals surface area (Å²) >= 11 is 0. The normalized spacial score (nSPS) is 16.9. The topological polar surface area (TPSA) is 64.1 Å². The molecule has 2 amide bonds. The molecule has 1 rings (SSSR count). The number of hydrogen-bond donors (Lipinski definition) is 1. The lowest BCUT2D eigenvalue weighted by atomic mass is 10.2. The number of hydrogen-bond acceptors (Lipinski definition) is 3. The van der Waals surface area contributed by atoms with Crippen molar-refractivity contribution < 1.29 is 14.7 Å². The highest BCUT2D eigenvalue weighted by Gasteiger charge is 2.24. The molecular formula is C14H27N3O3. The number of carbonyl (C=O) groups excluding carboxylic acids is 1. The molecule has 116 valence electrons. The highest BCUT2D eigenvalue weighted by molar-refractivity contribution is 5.75. The second kappa shape index (κ2) is 8.09. The van der Waals surface area contributed by atoms with Crippen LogP contribution in [-0.2, 0) is 4.79 Å². The fraction of sp³-hybridized carbons (Fsp3) is 0.857. The van der Waals surface area contributed by atoms with Crippen molar-refractivity contribution in [1.82, 2.24) is 14.7 Å². The van der Waals surface area contributed by atoms with Crippen LogP contribution < -0.4 is 0 Å². The molecule has 1 aliphatic heterocycles. The van der Waals surface area contributed by atoms with Crippen LogP contribution in [0.5, 0.6) is 0 Å². The molecule has 0 bridgehead atoms. The van der Waals surface area contributed by atoms with Gasteiger partial charge in [0.2, 0.25) is 0 Å². The van der Waals surface area contributed by atoms with E-state index in [1.54, 1.807) is 23.8 Å². The van der Waals surface area contributed by atoms with Crippen LogP contribution in [0.25, 0.3) is 0 Å². The molecule has 1 heterocycles. The summed E-state index contributed by atoms with van der Waals surface area (Å²) in [5.74, 6) is -0.872. The van der Waals surface area contributed by atoms with Crippen molar-refractivity contribution in [1.29, 1.82) is 0 Å². The molecular weight excluding hydrogens is 258 g/mol. The zero-order valence-electron chi connectivity index (χ0n) is 12.8. The summed E-state index contributed by atoms with van der Waals surface area (Å²) in [7, 11) is 1.79. The molecule has 0 aromatic heterocycles. The summed E-state index contributed by atoms with van der Waals surface area (Å²) < 4.78 is 0. The summed E-state index contributed by atoms with van der Waals surface area (Å²) in [5.41, 5.74) is 0. The van der Waals surface area contributed by atoms with Crippen LogP contribution in [0.2, 0.25) is 0 Å². The van der Waals surface area contributed by atoms with Crippen molar-refractivity contribution in [2.45, 2.75) is 39.2 Å². The van der Waals surface area contributed by atoms with E-state index < -0.39 is 5.97 Å². The number of rotatable bonds is 7. The number of aliphatic carboxylic acids is 1. The quantitative estimate of drug-likeness (QED) is 0.766. The Labute approximate surface area is 121 Å². The lowest BCUT2D eigenvalue weighted by molar-refractivity contribution is -0.138. The lowest BCUT2D eigenvalue weighted by Crippen LogP contribution is -2.48. The van der Waals surface area contributed by atoms with Gasteiger partial charge in [0.15, 0.2) is 0 Å². The summed E-state index contributed by atoms with van der Waals surface area (Å²) in [4.78, 5) is 28.8. The molecule has 20 heavy (non-hydrogen) atoms. The number of nitrogens with zero attached hydrogens (tertiary/aromatic N) is 3. The summed E-state index contributed by atoms with van der Waals surface area (Å²) in [6.45, 7) is 8.02. The maximum absolute atomic E-state index is 12.3. The van der Waals surface area contributed by atoms with E-state index in [1.807, 2.05) is 6.92 Å². The molecule has 0 aromatic rings. The van der Waals surface area contributed by atoms with Crippen LogP contribution in [0.4, 0.5) is 4.79 Å². The Kier molecular flexibility index (Phi) is 6.78. The molecule has 1 N–H and O–H groups in total. The van der Waals surface area contributed by atoms with Gasteiger partial charge in [-0.25, -0.2) is 4.79 Å². The molecule has 0 saturated carbocycles. The number of carboxylic acids is 1. The predicted octanol–water partition coefficient (Wildman–Crippen LogP) is 1.32. The van der Waals surface area contributed by atoms with E-state index in [9.17, 15) is 9.59 Å². The fourth-order valence-corrected chi connectivity index (χ4v) is 2.61. The Bertz CT molecular complexity index is 330. The van der Waals surface area contributed by atoms with E-state index in [0.29, 0.717) is 13.1 Å². The van der Waals surface area contributed by atoms with Gasteiger partial charge in [-0.2, -0.15) is 0 Å². The van der Waals surface area contributed by atoms with Gasteiger partial charge >= 0.3 is 12.0 Å². The van der Waals surface area contributed by atoms with E-state index in [-0.39, 0.29) is 18.5 Å². The van der Waals surface area contributed by atoms with Crippen molar-refractivity contribution >= 4 is 12.0 Å². The van der Waals surface area contributed by atoms with Gasteiger partial charge < -0.3 is 19.8 Å². The summed E-state index contributed by atoms with van der Waals surface area (Å²) in [6.07, 6.45) is 2.47. The van der Waals surface area contributed by atoms with E-state index in [0.717, 1.165) is 19.6 Å². The third-order valence-corrected chi connectivity index (χ3v) is 3.87. The van der Waals surface area contributed by atoms with Crippen LogP contribution in [-0.4, -0.2) is 77.6 Å². The molecule has 0 aromatic carbocycles. The Morgan fingerprint density at radius 1 is 1.30 bits per heavy atom. The number of likely N-dealkylation sites (tertiary alicyclic amines) is 1. The average molecular weight is 285 g/mol. The monoisotopic (exact) mass is 285 g/mol. The number of carbonyl (C=O) groups is 2. The Morgan fingerprint density at radius 3 is 2.40 bits per heavy atom. The molecule has 1 atom stereocenters. The fourth-order valence-electron chi connectivity index (χ4n) is 2.61. The zero-order valence-corrected chi connectivity index (χ0v) is 12.8. The molecule has 1 unspecified atom stereocenters. The van der Waals surface area contributed by atoms with E-state index in [1.165, 1.54) is 12.8 Å². The van der Waals surface area contributed by atoms with Crippen LogP contribution in [0.1, 0.15) is 33.1 Å². The minimum Gasteiger partial charge on any atom is -0.481 e. The zero-order chi connectivity index (χ0) is 15.1. The van der Waals surface area contributed by atoms with E-state index in [2.05, 4.69) is 4.90 Å². The Balaban J connectivity index is 2.44. The van der Waals surface area contributed by atoms with Crippen molar-refractivity contribution in [3.63, 3.8) is 0 Å². The summed E-state index contributed by atoms with van der Waals surface area (Å²) in [5, 5.41) is 8.84. The van der Waals surface area contributed by atoms with Gasteiger partial charge in [0.25, 0.3) is 0 Å². The minimum atomic E-state index is -0.872. The Morgan fingerprint density at radius 2 is 1.90 bits per heavy atom. The number of urea groups is 1. The van der Waals surface area contributed by atoms with Gasteiger partial charge in [0.05, 0.1) is 6.42 Å². The molecule has 6 nitrogen and oxygen atoms in total. The predicted molar refractivity (Wildman–Crippen MR) is 77.8 cm³/mol. The molecule has 6 heteroatoms. The van der Waals surface area contributed by atoms with Crippen LogP contribution in [0, 0.1) is 0 Å². The number of amides is 2. The second-order valence-electron chi connectivity index (χ2n) is 5.49. The highest BCUT2D eigenvalue weighted by Crippen LogP contribution is 2.09. The lowest BCUT2D eigenvalue weighted by Gasteiger charge is -2.32. The highest BCUT2D eigenvalue weighted by atomic mass is 16.4. The molecule has 0 aliphatic carbocycles. The van der Waals surface area contributed by atoms with Gasteiger partial charge in [-0.15, -0.1) is 0 Å². The minimum absolute atomic E-state index is 0.0143. The largest absolute Gasteiger partial charge is 0.481 e. The first-order valence-corrected chi connectivity index (χ1v) is 7.41. The first-order chi connectivity index (χ1) is 9.45. The van der Waals surface area contributed by atoms with Gasteiger partial charge in [-0.05, 0) is 39.8 Å². The van der Waals surface area contributed by atoms with Crippen LogP contribution in [0.3, 0.4) is 0 Å². The van der Waals surface area contributed by atoms with Crippen LogP contribution >= 0.6 is 0 Å². The molecule has 0 radical (unpaired) electrons. The molecule has 1 aliphatic rings. The van der Waals surface area contributed by atoms with E-state index in [4.69, 9.17) is 5.11 Å². The molecule has 1 fully saturated rings. The summed E-state index contributed by atoms with van der Waals surface area (Å²) in [6, 6.07) is -0.361. The number of carboxylic acid groups (broad SMARTS) is 1. The maximum Gasteiger partial charge on any atom is 0.320 e. The third kappa shape index (κ3) is 5.00. The molecule has 1 saturated heterocycles. The smallest absolute Gasteiger partial charge is 0.320 e. The SMILES string of the molecule is CCN(C(=O)N(C)CCN1CCCC1)C(C)CC(=O)O. The van der Waals surface area contributed by atoms with Gasteiger partial charge in [0.1, 0.15) is 0 Å². The molecule has 0 spiro atoms. The van der Waals surface area contributed by atoms with Crippen molar-refractivity contribution in [3.05, 3.63) is 0 Å². The van der Waals surface area contributed by atoms with Crippen molar-refractivity contribution in [2.75, 3.05) is 39.8 Å². The average Bonchev–Trinajstić information content (AvgIpc) is 2.88. The van der Waals surface area contributed by atoms with Gasteiger partial charge in [-0.3, -0.25) is 4.79 Å². The maximum atomic E-state index is 12.3. The van der Waals surface area contributed by atoms with Crippen molar-refractivity contribution in [2.24, 2.45) is 0 Å². The van der Waals surface area contributed by atoms with E-state index >= 15 is 0 Å². The van der Waals surface area contributed by atoms with Gasteiger partial charge in [-0.1, -0.05) is 0 Å². The van der Waals surface area contributed by atoms with Crippen LogP contribution in [0.15, 0.2) is 0 Å².